The van der Waals surface area contributed by atoms with Gasteiger partial charge >= 0.3 is 12.1 Å². The van der Waals surface area contributed by atoms with Gasteiger partial charge in [-0.1, -0.05) is 24.3 Å². The van der Waals surface area contributed by atoms with E-state index in [9.17, 15) is 18.0 Å². The molecule has 2 aromatic rings. The van der Waals surface area contributed by atoms with Crippen molar-refractivity contribution in [2.24, 2.45) is 0 Å². The van der Waals surface area contributed by atoms with Crippen LogP contribution in [0.3, 0.4) is 0 Å². The maximum absolute atomic E-state index is 12.6. The topological polar surface area (TPSA) is 56.8 Å². The lowest BCUT2D eigenvalue weighted by molar-refractivity contribution is -0.137. The summed E-state index contributed by atoms with van der Waals surface area (Å²) < 4.78 is 53.8. The lowest BCUT2D eigenvalue weighted by atomic mass is 10.1. The van der Waals surface area contributed by atoms with Gasteiger partial charge < -0.3 is 19.5 Å². The standard InChI is InChI=1S/C20H22F3NO4/c1-14(25)28-19-6-4-3-5-18(19)27-13-17(26-2)12-24-11-15-7-9-16(10-8-15)20(21,22)23/h3-10,17,24H,11-13H2,1-2H3. The van der Waals surface area contributed by atoms with E-state index >= 15 is 0 Å². The largest absolute Gasteiger partial charge is 0.487 e. The Morgan fingerprint density at radius 2 is 1.71 bits per heavy atom. The zero-order chi connectivity index (χ0) is 20.6. The van der Waals surface area contributed by atoms with Crippen molar-refractivity contribution in [2.75, 3.05) is 20.3 Å². The van der Waals surface area contributed by atoms with Crippen molar-refractivity contribution in [3.05, 3.63) is 59.7 Å². The fourth-order valence-electron chi connectivity index (χ4n) is 2.39. The molecule has 0 amide bonds. The van der Waals surface area contributed by atoms with Crippen LogP contribution in [0.15, 0.2) is 48.5 Å². The summed E-state index contributed by atoms with van der Waals surface area (Å²) in [6.07, 6.45) is -4.65. The quantitative estimate of drug-likeness (QED) is 0.515. The number of ether oxygens (including phenoxy) is 3. The van der Waals surface area contributed by atoms with E-state index in [0.29, 0.717) is 24.6 Å². The van der Waals surface area contributed by atoms with Crippen molar-refractivity contribution in [3.63, 3.8) is 0 Å². The predicted octanol–water partition coefficient (Wildman–Crippen LogP) is 3.81. The van der Waals surface area contributed by atoms with Crippen molar-refractivity contribution in [1.82, 2.24) is 5.32 Å². The SMILES string of the molecule is COC(CNCc1ccc(C(F)(F)F)cc1)COc1ccccc1OC(C)=O. The minimum absolute atomic E-state index is 0.203. The predicted molar refractivity (Wildman–Crippen MR) is 97.2 cm³/mol. The summed E-state index contributed by atoms with van der Waals surface area (Å²) in [7, 11) is 1.53. The van der Waals surface area contributed by atoms with Crippen LogP contribution in [-0.4, -0.2) is 32.3 Å². The molecule has 0 saturated heterocycles. The van der Waals surface area contributed by atoms with E-state index in [0.717, 1.165) is 17.7 Å². The van der Waals surface area contributed by atoms with Gasteiger partial charge in [0.05, 0.1) is 5.56 Å². The molecule has 8 heteroatoms. The van der Waals surface area contributed by atoms with Crippen LogP contribution in [0, 0.1) is 0 Å². The zero-order valence-corrected chi connectivity index (χ0v) is 15.6. The fourth-order valence-corrected chi connectivity index (χ4v) is 2.39. The number of nitrogens with one attached hydrogen (secondary N) is 1. The van der Waals surface area contributed by atoms with Gasteiger partial charge in [-0.05, 0) is 29.8 Å². The molecule has 0 aliphatic rings. The first kappa shape index (κ1) is 21.7. The molecule has 2 rings (SSSR count). The van der Waals surface area contributed by atoms with Crippen LogP contribution in [0.1, 0.15) is 18.1 Å². The van der Waals surface area contributed by atoms with Crippen molar-refractivity contribution in [1.29, 1.82) is 0 Å². The number of carbonyl (C=O) groups excluding carboxylic acids is 1. The first-order valence-electron chi connectivity index (χ1n) is 8.59. The van der Waals surface area contributed by atoms with E-state index in [-0.39, 0.29) is 12.7 Å². The second kappa shape index (κ2) is 10.1. The Morgan fingerprint density at radius 3 is 2.29 bits per heavy atom. The van der Waals surface area contributed by atoms with E-state index in [1.165, 1.54) is 26.2 Å². The molecular formula is C20H22F3NO4. The Hall–Kier alpha value is -2.58. The monoisotopic (exact) mass is 397 g/mol. The minimum Gasteiger partial charge on any atom is -0.487 e. The highest BCUT2D eigenvalue weighted by molar-refractivity contribution is 5.70. The number of para-hydroxylation sites is 2. The van der Waals surface area contributed by atoms with Gasteiger partial charge in [-0.3, -0.25) is 4.79 Å². The highest BCUT2D eigenvalue weighted by atomic mass is 19.4. The van der Waals surface area contributed by atoms with Crippen LogP contribution < -0.4 is 14.8 Å². The second-order valence-electron chi connectivity index (χ2n) is 6.03. The second-order valence-corrected chi connectivity index (χ2v) is 6.03. The normalized spacial score (nSPS) is 12.5. The number of halogens is 3. The average Bonchev–Trinajstić information content (AvgIpc) is 2.65. The Morgan fingerprint density at radius 1 is 1.07 bits per heavy atom. The molecule has 28 heavy (non-hydrogen) atoms. The number of hydrogen-bond donors (Lipinski definition) is 1. The first-order valence-corrected chi connectivity index (χ1v) is 8.59. The van der Waals surface area contributed by atoms with Gasteiger partial charge in [0.1, 0.15) is 12.7 Å². The third kappa shape index (κ3) is 6.86. The summed E-state index contributed by atoms with van der Waals surface area (Å²) in [6, 6.07) is 11.8. The molecule has 0 radical (unpaired) electrons. The minimum atomic E-state index is -4.34. The van der Waals surface area contributed by atoms with Gasteiger partial charge in [-0.2, -0.15) is 13.2 Å². The van der Waals surface area contributed by atoms with Crippen LogP contribution >= 0.6 is 0 Å². The van der Waals surface area contributed by atoms with E-state index in [1.54, 1.807) is 24.3 Å². The highest BCUT2D eigenvalue weighted by Crippen LogP contribution is 2.29. The maximum Gasteiger partial charge on any atom is 0.416 e. The molecule has 0 heterocycles. The Bertz CT molecular complexity index is 763. The summed E-state index contributed by atoms with van der Waals surface area (Å²) in [5.74, 6) is 0.294. The molecule has 0 bridgehead atoms. The third-order valence-corrected chi connectivity index (χ3v) is 3.84. The van der Waals surface area contributed by atoms with Crippen LogP contribution in [0.4, 0.5) is 13.2 Å². The van der Waals surface area contributed by atoms with Gasteiger partial charge in [0.15, 0.2) is 11.5 Å². The molecule has 1 unspecified atom stereocenters. The number of hydrogen-bond acceptors (Lipinski definition) is 5. The molecule has 0 fully saturated rings. The molecule has 0 aromatic heterocycles. The molecule has 152 valence electrons. The van der Waals surface area contributed by atoms with Crippen molar-refractivity contribution in [2.45, 2.75) is 25.7 Å². The fraction of sp³-hybridized carbons (Fsp3) is 0.350. The summed E-state index contributed by atoms with van der Waals surface area (Å²) in [5.41, 5.74) is 0.0508. The summed E-state index contributed by atoms with van der Waals surface area (Å²) in [4.78, 5) is 11.1. The Labute approximate surface area is 161 Å². The molecule has 5 nitrogen and oxygen atoms in total. The summed E-state index contributed by atoms with van der Waals surface area (Å²) >= 11 is 0. The molecule has 1 atom stereocenters. The number of rotatable bonds is 9. The maximum atomic E-state index is 12.6. The lowest BCUT2D eigenvalue weighted by Gasteiger charge is -2.18. The molecule has 0 saturated carbocycles. The van der Waals surface area contributed by atoms with Crippen molar-refractivity contribution in [3.8, 4) is 11.5 Å². The number of alkyl halides is 3. The number of carbonyl (C=O) groups is 1. The van der Waals surface area contributed by atoms with E-state index in [1.807, 2.05) is 0 Å². The lowest BCUT2D eigenvalue weighted by Crippen LogP contribution is -2.33. The molecule has 2 aromatic carbocycles. The summed E-state index contributed by atoms with van der Waals surface area (Å²) in [5, 5.41) is 3.12. The van der Waals surface area contributed by atoms with Gasteiger partial charge in [0, 0.05) is 27.1 Å². The zero-order valence-electron chi connectivity index (χ0n) is 15.6. The van der Waals surface area contributed by atoms with E-state index in [2.05, 4.69) is 5.32 Å². The molecule has 0 spiro atoms. The smallest absolute Gasteiger partial charge is 0.416 e. The molecule has 0 aliphatic carbocycles. The molecular weight excluding hydrogens is 375 g/mol. The van der Waals surface area contributed by atoms with Gasteiger partial charge in [0.25, 0.3) is 0 Å². The van der Waals surface area contributed by atoms with Crippen LogP contribution in [-0.2, 0) is 22.3 Å². The number of esters is 1. The van der Waals surface area contributed by atoms with Gasteiger partial charge in [-0.25, -0.2) is 0 Å². The van der Waals surface area contributed by atoms with Crippen LogP contribution in [0.5, 0.6) is 11.5 Å². The van der Waals surface area contributed by atoms with E-state index in [4.69, 9.17) is 14.2 Å². The molecule has 1 N–H and O–H groups in total. The van der Waals surface area contributed by atoms with E-state index < -0.39 is 17.7 Å². The van der Waals surface area contributed by atoms with Gasteiger partial charge in [0.2, 0.25) is 0 Å². The van der Waals surface area contributed by atoms with Gasteiger partial charge in [-0.15, -0.1) is 0 Å². The van der Waals surface area contributed by atoms with Crippen LogP contribution in [0.25, 0.3) is 0 Å². The van der Waals surface area contributed by atoms with Crippen molar-refractivity contribution < 1.29 is 32.2 Å². The molecule has 0 aliphatic heterocycles. The first-order chi connectivity index (χ1) is 13.3. The van der Waals surface area contributed by atoms with Crippen LogP contribution in [0.2, 0.25) is 0 Å². The summed E-state index contributed by atoms with van der Waals surface area (Å²) in [6.45, 7) is 2.32. The average molecular weight is 397 g/mol. The number of benzene rings is 2. The third-order valence-electron chi connectivity index (χ3n) is 3.84. The Kier molecular flexibility index (Phi) is 7.83. The highest BCUT2D eigenvalue weighted by Gasteiger charge is 2.29. The number of methoxy groups -OCH3 is 1. The van der Waals surface area contributed by atoms with Crippen molar-refractivity contribution >= 4 is 5.97 Å². The Balaban J connectivity index is 1.83.